The molecule has 0 radical (unpaired) electrons. The van der Waals surface area contributed by atoms with Gasteiger partial charge in [-0.2, -0.15) is 0 Å². The van der Waals surface area contributed by atoms with Crippen molar-refractivity contribution in [1.29, 1.82) is 0 Å². The van der Waals surface area contributed by atoms with Crippen molar-refractivity contribution in [2.75, 3.05) is 49.2 Å². The number of amides is 1. The molecule has 0 aliphatic carbocycles. The number of aromatic nitrogens is 3. The number of halogens is 1. The molecule has 4 heterocycles. The Morgan fingerprint density at radius 3 is 2.77 bits per heavy atom. The van der Waals surface area contributed by atoms with Crippen LogP contribution in [0.3, 0.4) is 0 Å². The first kappa shape index (κ1) is 25.7. The third-order valence-corrected chi connectivity index (χ3v) is 8.59. The smallest absolute Gasteiger partial charge is 0.229 e. The number of pyridine rings is 1. The van der Waals surface area contributed by atoms with Crippen LogP contribution in [-0.2, 0) is 19.6 Å². The molecule has 2 N–H and O–H groups in total. The molecular weight excluding hydrogens is 492 g/mol. The second kappa shape index (κ2) is 11.6. The second-order valence-electron chi connectivity index (χ2n) is 8.86. The van der Waals surface area contributed by atoms with Crippen LogP contribution in [0.25, 0.3) is 11.3 Å². The van der Waals surface area contributed by atoms with E-state index in [0.717, 1.165) is 32.6 Å². The molecule has 190 valence electrons. The molecule has 2 aromatic heterocycles. The predicted molar refractivity (Wildman–Crippen MR) is 135 cm³/mol. The zero-order valence-electron chi connectivity index (χ0n) is 19.7. The fourth-order valence-corrected chi connectivity index (χ4v) is 5.68. The van der Waals surface area contributed by atoms with Gasteiger partial charge in [0.2, 0.25) is 15.9 Å². The summed E-state index contributed by atoms with van der Waals surface area (Å²) in [4.78, 5) is 26.1. The Morgan fingerprint density at radius 1 is 1.20 bits per heavy atom. The van der Waals surface area contributed by atoms with Crippen LogP contribution < -0.4 is 10.6 Å². The fourth-order valence-electron chi connectivity index (χ4n) is 4.30. The summed E-state index contributed by atoms with van der Waals surface area (Å²) < 4.78 is 31.3. The molecule has 1 atom stereocenters. The van der Waals surface area contributed by atoms with E-state index in [-0.39, 0.29) is 18.2 Å². The average Bonchev–Trinajstić information content (AvgIpc) is 2.89. The molecule has 12 heteroatoms. The Morgan fingerprint density at radius 2 is 2.00 bits per heavy atom. The summed E-state index contributed by atoms with van der Waals surface area (Å²) in [6.45, 7) is 4.59. The van der Waals surface area contributed by atoms with E-state index in [1.54, 1.807) is 25.4 Å². The van der Waals surface area contributed by atoms with E-state index in [1.807, 2.05) is 0 Å². The topological polar surface area (TPSA) is 126 Å². The van der Waals surface area contributed by atoms with Crippen LogP contribution in [0.5, 0.6) is 0 Å². The first-order chi connectivity index (χ1) is 16.9. The number of piperidine rings is 1. The van der Waals surface area contributed by atoms with Gasteiger partial charge in [0.05, 0.1) is 34.8 Å². The molecular formula is C23H31ClN6O4S. The summed E-state index contributed by atoms with van der Waals surface area (Å²) in [5.74, 6) is 0.818. The molecule has 0 saturated carbocycles. The standard InChI is InChI=1S/C23H31ClN6O4S/c1-2-35(32,33)30-7-3-4-17(15-30)23(31)29-21-10-18(19(24)12-27-21)20-13-25-14-22(28-20)26-11-16-5-8-34-9-6-16/h10,12-14,16-17H,2-9,11,15H2,1H3,(H,26,28)(H,27,29,31)/t17-/m0/s1. The molecule has 2 aromatic rings. The molecule has 2 aliphatic rings. The molecule has 2 fully saturated rings. The molecule has 0 spiro atoms. The number of hydrogen-bond acceptors (Lipinski definition) is 8. The zero-order chi connectivity index (χ0) is 24.8. The summed E-state index contributed by atoms with van der Waals surface area (Å²) in [6, 6.07) is 1.66. The van der Waals surface area contributed by atoms with Crippen molar-refractivity contribution in [3.63, 3.8) is 0 Å². The summed E-state index contributed by atoms with van der Waals surface area (Å²) >= 11 is 6.40. The second-order valence-corrected chi connectivity index (χ2v) is 11.5. The van der Waals surface area contributed by atoms with Gasteiger partial charge in [-0.15, -0.1) is 0 Å². The number of nitrogens with zero attached hydrogens (tertiary/aromatic N) is 4. The lowest BCUT2D eigenvalue weighted by molar-refractivity contribution is -0.120. The normalized spacial score (nSPS) is 19.9. The lowest BCUT2D eigenvalue weighted by Crippen LogP contribution is -2.44. The van der Waals surface area contributed by atoms with Crippen molar-refractivity contribution in [3.8, 4) is 11.3 Å². The monoisotopic (exact) mass is 522 g/mol. The molecule has 2 aliphatic heterocycles. The Bertz CT molecular complexity index is 1140. The minimum atomic E-state index is -3.33. The highest BCUT2D eigenvalue weighted by Gasteiger charge is 2.31. The minimum absolute atomic E-state index is 0.0213. The lowest BCUT2D eigenvalue weighted by atomic mass is 9.99. The molecule has 0 unspecified atom stereocenters. The van der Waals surface area contributed by atoms with Crippen LogP contribution >= 0.6 is 11.6 Å². The maximum absolute atomic E-state index is 12.9. The van der Waals surface area contributed by atoms with Crippen LogP contribution in [0.15, 0.2) is 24.7 Å². The Labute approximate surface area is 210 Å². The lowest BCUT2D eigenvalue weighted by Gasteiger charge is -2.30. The van der Waals surface area contributed by atoms with Crippen molar-refractivity contribution in [2.45, 2.75) is 32.6 Å². The van der Waals surface area contributed by atoms with E-state index in [0.29, 0.717) is 53.2 Å². The van der Waals surface area contributed by atoms with E-state index in [9.17, 15) is 13.2 Å². The molecule has 0 aromatic carbocycles. The number of rotatable bonds is 8. The molecule has 1 amide bonds. The Hall–Kier alpha value is -2.34. The molecule has 2 saturated heterocycles. The van der Waals surface area contributed by atoms with Gasteiger partial charge >= 0.3 is 0 Å². The van der Waals surface area contributed by atoms with Crippen LogP contribution in [0.4, 0.5) is 11.6 Å². The highest BCUT2D eigenvalue weighted by atomic mass is 35.5. The third-order valence-electron chi connectivity index (χ3n) is 6.44. The summed E-state index contributed by atoms with van der Waals surface area (Å²) in [5.41, 5.74) is 1.15. The highest BCUT2D eigenvalue weighted by molar-refractivity contribution is 7.89. The van der Waals surface area contributed by atoms with Gasteiger partial charge in [-0.05, 0) is 44.6 Å². The van der Waals surface area contributed by atoms with Crippen LogP contribution in [0.2, 0.25) is 5.02 Å². The number of sulfonamides is 1. The van der Waals surface area contributed by atoms with E-state index in [4.69, 9.17) is 16.3 Å². The van der Waals surface area contributed by atoms with Crippen LogP contribution in [0, 0.1) is 11.8 Å². The Kier molecular flexibility index (Phi) is 8.53. The molecule has 0 bridgehead atoms. The predicted octanol–water partition coefficient (Wildman–Crippen LogP) is 3.03. The molecule has 4 rings (SSSR count). The van der Waals surface area contributed by atoms with Crippen LogP contribution in [0.1, 0.15) is 32.6 Å². The number of carbonyl (C=O) groups is 1. The van der Waals surface area contributed by atoms with Crippen molar-refractivity contribution in [1.82, 2.24) is 19.3 Å². The number of hydrogen-bond donors (Lipinski definition) is 2. The van der Waals surface area contributed by atoms with Crippen molar-refractivity contribution >= 4 is 39.2 Å². The highest BCUT2D eigenvalue weighted by Crippen LogP contribution is 2.29. The van der Waals surface area contributed by atoms with Gasteiger partial charge in [0, 0.05) is 44.6 Å². The largest absolute Gasteiger partial charge is 0.381 e. The SMILES string of the molecule is CCS(=O)(=O)N1CCC[C@H](C(=O)Nc2cc(-c3cncc(NCC4CCOCC4)n3)c(Cl)cn2)C1. The minimum Gasteiger partial charge on any atom is -0.381 e. The van der Waals surface area contributed by atoms with E-state index in [2.05, 4.69) is 25.6 Å². The van der Waals surface area contributed by atoms with Gasteiger partial charge < -0.3 is 15.4 Å². The first-order valence-corrected chi connectivity index (χ1v) is 13.9. The van der Waals surface area contributed by atoms with E-state index >= 15 is 0 Å². The number of anilines is 2. The van der Waals surface area contributed by atoms with Crippen LogP contribution in [-0.4, -0.2) is 72.2 Å². The van der Waals surface area contributed by atoms with Crippen molar-refractivity contribution < 1.29 is 17.9 Å². The van der Waals surface area contributed by atoms with Gasteiger partial charge in [-0.3, -0.25) is 9.78 Å². The molecule has 35 heavy (non-hydrogen) atoms. The van der Waals surface area contributed by atoms with Gasteiger partial charge in [-0.1, -0.05) is 11.6 Å². The maximum Gasteiger partial charge on any atom is 0.229 e. The van der Waals surface area contributed by atoms with E-state index in [1.165, 1.54) is 10.5 Å². The van der Waals surface area contributed by atoms with Gasteiger partial charge in [0.1, 0.15) is 11.6 Å². The summed E-state index contributed by atoms with van der Waals surface area (Å²) in [6.07, 6.45) is 8.03. The van der Waals surface area contributed by atoms with E-state index < -0.39 is 15.9 Å². The zero-order valence-corrected chi connectivity index (χ0v) is 21.3. The molecule has 10 nitrogen and oxygen atoms in total. The van der Waals surface area contributed by atoms with Crippen molar-refractivity contribution in [2.24, 2.45) is 11.8 Å². The number of ether oxygens (including phenoxy) is 1. The van der Waals surface area contributed by atoms with Crippen molar-refractivity contribution in [3.05, 3.63) is 29.7 Å². The van der Waals surface area contributed by atoms with Gasteiger partial charge in [0.25, 0.3) is 0 Å². The number of nitrogens with one attached hydrogen (secondary N) is 2. The van der Waals surface area contributed by atoms with Gasteiger partial charge in [0.15, 0.2) is 0 Å². The summed E-state index contributed by atoms with van der Waals surface area (Å²) in [7, 11) is -3.33. The Balaban J connectivity index is 1.43. The third kappa shape index (κ3) is 6.66. The first-order valence-electron chi connectivity index (χ1n) is 11.9. The van der Waals surface area contributed by atoms with Gasteiger partial charge in [-0.25, -0.2) is 22.7 Å². The number of carbonyl (C=O) groups excluding carboxylic acids is 1. The average molecular weight is 523 g/mol. The maximum atomic E-state index is 12.9. The fraction of sp³-hybridized carbons (Fsp3) is 0.565. The quantitative estimate of drug-likeness (QED) is 0.541. The summed E-state index contributed by atoms with van der Waals surface area (Å²) in [5, 5.41) is 6.55.